The van der Waals surface area contributed by atoms with Gasteiger partial charge < -0.3 is 10.1 Å². The molecular formula is C19H26F3N3O4. The number of nitrogens with one attached hydrogen (secondary N) is 1. The fraction of sp³-hybridized carbons (Fsp3) is 0.632. The van der Waals surface area contributed by atoms with Crippen LogP contribution in [0.5, 0.6) is 5.75 Å². The quantitative estimate of drug-likeness (QED) is 0.486. The lowest BCUT2D eigenvalue weighted by Crippen LogP contribution is -2.47. The van der Waals surface area contributed by atoms with Crippen LogP contribution in [0, 0.1) is 10.1 Å². The molecule has 0 spiro atoms. The SMILES string of the molecule is CCCCN1CCCCC1CNC(=O)c1cc(OCC(F)(F)F)ccc1[N+](=O)[O-]. The molecule has 1 atom stereocenters. The van der Waals surface area contributed by atoms with E-state index in [4.69, 9.17) is 0 Å². The second-order valence-electron chi connectivity index (χ2n) is 7.09. The van der Waals surface area contributed by atoms with Crippen LogP contribution in [-0.4, -0.2) is 54.2 Å². The van der Waals surface area contributed by atoms with Crippen LogP contribution in [-0.2, 0) is 0 Å². The van der Waals surface area contributed by atoms with Crippen LogP contribution in [0.25, 0.3) is 0 Å². The summed E-state index contributed by atoms with van der Waals surface area (Å²) in [6.07, 6.45) is 0.622. The van der Waals surface area contributed by atoms with Crippen LogP contribution in [0.3, 0.4) is 0 Å². The Morgan fingerprint density at radius 1 is 1.38 bits per heavy atom. The average Bonchev–Trinajstić information content (AvgIpc) is 2.68. The molecule has 0 bridgehead atoms. The summed E-state index contributed by atoms with van der Waals surface area (Å²) in [6.45, 7) is 2.76. The molecule has 29 heavy (non-hydrogen) atoms. The Hall–Kier alpha value is -2.36. The van der Waals surface area contributed by atoms with Crippen molar-refractivity contribution in [3.05, 3.63) is 33.9 Å². The number of ether oxygens (including phenoxy) is 1. The van der Waals surface area contributed by atoms with Crippen molar-refractivity contribution >= 4 is 11.6 Å². The number of hydrogen-bond donors (Lipinski definition) is 1. The number of carbonyl (C=O) groups is 1. The summed E-state index contributed by atoms with van der Waals surface area (Å²) in [5, 5.41) is 13.9. The number of unbranched alkanes of at least 4 members (excludes halogenated alkanes) is 1. The van der Waals surface area contributed by atoms with Crippen molar-refractivity contribution in [2.75, 3.05) is 26.2 Å². The lowest BCUT2D eigenvalue weighted by molar-refractivity contribution is -0.385. The second-order valence-corrected chi connectivity index (χ2v) is 7.09. The number of carbonyl (C=O) groups excluding carboxylic acids is 1. The van der Waals surface area contributed by atoms with Crippen molar-refractivity contribution in [1.82, 2.24) is 10.2 Å². The molecule has 1 aliphatic heterocycles. The van der Waals surface area contributed by atoms with Gasteiger partial charge in [0.2, 0.25) is 0 Å². The average molecular weight is 417 g/mol. The normalized spacial score (nSPS) is 17.7. The molecule has 1 heterocycles. The molecule has 0 aromatic heterocycles. The Balaban J connectivity index is 2.08. The van der Waals surface area contributed by atoms with Gasteiger partial charge >= 0.3 is 6.18 Å². The summed E-state index contributed by atoms with van der Waals surface area (Å²) in [5.74, 6) is -0.949. The first-order chi connectivity index (χ1) is 13.7. The first-order valence-corrected chi connectivity index (χ1v) is 9.71. The Kier molecular flexibility index (Phi) is 8.24. The standard InChI is InChI=1S/C19H26F3N3O4/c1-2-3-9-24-10-5-4-6-14(24)12-23-18(26)16-11-15(29-13-19(20,21)22)7-8-17(16)25(27)28/h7-8,11,14H,2-6,9-10,12-13H2,1H3,(H,23,26). The third-order valence-corrected chi connectivity index (χ3v) is 4.86. The third kappa shape index (κ3) is 7.19. The van der Waals surface area contributed by atoms with E-state index in [9.17, 15) is 28.1 Å². The predicted octanol–water partition coefficient (Wildman–Crippen LogP) is 3.92. The molecule has 2 rings (SSSR count). The Morgan fingerprint density at radius 2 is 2.14 bits per heavy atom. The number of likely N-dealkylation sites (tertiary alicyclic amines) is 1. The number of alkyl halides is 3. The van der Waals surface area contributed by atoms with Crippen LogP contribution < -0.4 is 10.1 Å². The maximum absolute atomic E-state index is 12.6. The minimum atomic E-state index is -4.55. The summed E-state index contributed by atoms with van der Waals surface area (Å²) in [7, 11) is 0. The second kappa shape index (κ2) is 10.4. The number of amides is 1. The van der Waals surface area contributed by atoms with Crippen LogP contribution in [0.2, 0.25) is 0 Å². The largest absolute Gasteiger partial charge is 0.484 e. The van der Waals surface area contributed by atoms with Gasteiger partial charge in [0.1, 0.15) is 11.3 Å². The summed E-state index contributed by atoms with van der Waals surface area (Å²) >= 11 is 0. The zero-order chi connectivity index (χ0) is 21.4. The fourth-order valence-electron chi connectivity index (χ4n) is 3.36. The summed E-state index contributed by atoms with van der Waals surface area (Å²) < 4.78 is 41.6. The maximum Gasteiger partial charge on any atom is 0.422 e. The predicted molar refractivity (Wildman–Crippen MR) is 101 cm³/mol. The zero-order valence-electron chi connectivity index (χ0n) is 16.3. The Morgan fingerprint density at radius 3 is 2.79 bits per heavy atom. The van der Waals surface area contributed by atoms with Gasteiger partial charge in [0.25, 0.3) is 11.6 Å². The topological polar surface area (TPSA) is 84.7 Å². The summed E-state index contributed by atoms with van der Waals surface area (Å²) in [6, 6.07) is 3.15. The third-order valence-electron chi connectivity index (χ3n) is 4.86. The van der Waals surface area contributed by atoms with Gasteiger partial charge in [-0.1, -0.05) is 19.8 Å². The molecule has 0 saturated carbocycles. The summed E-state index contributed by atoms with van der Waals surface area (Å²) in [4.78, 5) is 25.4. The number of piperidine rings is 1. The van der Waals surface area contributed by atoms with Gasteiger partial charge in [-0.25, -0.2) is 0 Å². The maximum atomic E-state index is 12.6. The molecule has 0 radical (unpaired) electrons. The highest BCUT2D eigenvalue weighted by Gasteiger charge is 2.29. The molecule has 1 aromatic rings. The molecule has 1 fully saturated rings. The molecule has 1 saturated heterocycles. The molecule has 10 heteroatoms. The fourth-order valence-corrected chi connectivity index (χ4v) is 3.36. The highest BCUT2D eigenvalue weighted by Crippen LogP contribution is 2.26. The van der Waals surface area contributed by atoms with E-state index in [1.54, 1.807) is 0 Å². The molecule has 1 amide bonds. The minimum Gasteiger partial charge on any atom is -0.484 e. The van der Waals surface area contributed by atoms with Crippen LogP contribution >= 0.6 is 0 Å². The van der Waals surface area contributed by atoms with Gasteiger partial charge in [-0.3, -0.25) is 19.8 Å². The zero-order valence-corrected chi connectivity index (χ0v) is 16.3. The summed E-state index contributed by atoms with van der Waals surface area (Å²) in [5.41, 5.74) is -0.793. The van der Waals surface area contributed by atoms with Gasteiger partial charge in [0.15, 0.2) is 6.61 Å². The lowest BCUT2D eigenvalue weighted by atomic mass is 10.0. The number of benzene rings is 1. The van der Waals surface area contributed by atoms with Crippen molar-refractivity contribution in [1.29, 1.82) is 0 Å². The van der Waals surface area contributed by atoms with Crippen molar-refractivity contribution in [3.8, 4) is 5.75 Å². The molecule has 1 unspecified atom stereocenters. The molecular weight excluding hydrogens is 391 g/mol. The van der Waals surface area contributed by atoms with Gasteiger partial charge in [-0.15, -0.1) is 0 Å². The van der Waals surface area contributed by atoms with E-state index in [1.165, 1.54) is 0 Å². The first-order valence-electron chi connectivity index (χ1n) is 9.71. The van der Waals surface area contributed by atoms with E-state index in [0.29, 0.717) is 6.54 Å². The minimum absolute atomic E-state index is 0.142. The van der Waals surface area contributed by atoms with E-state index >= 15 is 0 Å². The van der Waals surface area contributed by atoms with E-state index in [1.807, 2.05) is 0 Å². The van der Waals surface area contributed by atoms with Gasteiger partial charge in [-0.2, -0.15) is 13.2 Å². The Bertz CT molecular complexity index is 712. The molecule has 1 aromatic carbocycles. The van der Waals surface area contributed by atoms with E-state index in [2.05, 4.69) is 21.9 Å². The number of hydrogen-bond acceptors (Lipinski definition) is 5. The number of halogens is 3. The number of nitro groups is 1. The first kappa shape index (κ1) is 22.9. The van der Waals surface area contributed by atoms with Crippen molar-refractivity contribution in [2.24, 2.45) is 0 Å². The molecule has 162 valence electrons. The highest BCUT2D eigenvalue weighted by atomic mass is 19.4. The highest BCUT2D eigenvalue weighted by molar-refractivity contribution is 5.98. The van der Waals surface area contributed by atoms with E-state index in [-0.39, 0.29) is 17.4 Å². The van der Waals surface area contributed by atoms with Crippen LogP contribution in [0.15, 0.2) is 18.2 Å². The lowest BCUT2D eigenvalue weighted by Gasteiger charge is -2.35. The van der Waals surface area contributed by atoms with Crippen LogP contribution in [0.1, 0.15) is 49.4 Å². The number of nitro benzene ring substituents is 1. The van der Waals surface area contributed by atoms with E-state index < -0.39 is 29.3 Å². The van der Waals surface area contributed by atoms with E-state index in [0.717, 1.165) is 63.4 Å². The number of nitrogens with zero attached hydrogens (tertiary/aromatic N) is 2. The van der Waals surface area contributed by atoms with Gasteiger partial charge in [0, 0.05) is 18.7 Å². The number of rotatable bonds is 9. The molecule has 7 nitrogen and oxygen atoms in total. The smallest absolute Gasteiger partial charge is 0.422 e. The van der Waals surface area contributed by atoms with Gasteiger partial charge in [-0.05, 0) is 44.5 Å². The van der Waals surface area contributed by atoms with Crippen molar-refractivity contribution in [2.45, 2.75) is 51.2 Å². The monoisotopic (exact) mass is 417 g/mol. The molecule has 0 aliphatic carbocycles. The van der Waals surface area contributed by atoms with Crippen molar-refractivity contribution in [3.63, 3.8) is 0 Å². The Labute approximate surface area is 167 Å². The van der Waals surface area contributed by atoms with Gasteiger partial charge in [0.05, 0.1) is 4.92 Å². The van der Waals surface area contributed by atoms with Crippen LogP contribution in [0.4, 0.5) is 18.9 Å². The molecule has 1 N–H and O–H groups in total. The van der Waals surface area contributed by atoms with Crippen molar-refractivity contribution < 1.29 is 27.6 Å². The molecule has 1 aliphatic rings.